The van der Waals surface area contributed by atoms with Crippen LogP contribution in [0, 0.1) is 29.1 Å². The Morgan fingerprint density at radius 3 is 2.76 bits per heavy atom. The molecule has 1 saturated heterocycles. The van der Waals surface area contributed by atoms with Crippen LogP contribution in [0.4, 0.5) is 0 Å². The highest BCUT2D eigenvalue weighted by atomic mass is 16.7. The minimum atomic E-state index is -0.601. The van der Waals surface area contributed by atoms with Gasteiger partial charge < -0.3 is 15.2 Å². The number of aliphatic hydroxyl groups is 1. The van der Waals surface area contributed by atoms with Crippen LogP contribution in [-0.4, -0.2) is 60.4 Å². The zero-order valence-corrected chi connectivity index (χ0v) is 20.4. The van der Waals surface area contributed by atoms with Crippen LogP contribution >= 0.6 is 0 Å². The third-order valence-electron chi connectivity index (χ3n) is 8.84. The molecule has 0 aromatic heterocycles. The first-order valence-corrected chi connectivity index (χ1v) is 12.1. The van der Waals surface area contributed by atoms with Crippen LogP contribution in [0.1, 0.15) is 56.5 Å². The molecule has 2 bridgehead atoms. The van der Waals surface area contributed by atoms with Crippen molar-refractivity contribution in [1.29, 1.82) is 0 Å². The number of rotatable bonds is 8. The first-order chi connectivity index (χ1) is 15.7. The zero-order valence-electron chi connectivity index (χ0n) is 20.4. The second kappa shape index (κ2) is 9.45. The fourth-order valence-electron chi connectivity index (χ4n) is 6.57. The minimum absolute atomic E-state index is 0.0812. The number of fused-ring (bicyclic) bond motifs is 2. The summed E-state index contributed by atoms with van der Waals surface area (Å²) in [4.78, 5) is 31.0. The molecule has 1 aliphatic heterocycles. The Kier molecular flexibility index (Phi) is 6.97. The molecule has 5 rings (SSSR count). The van der Waals surface area contributed by atoms with Crippen molar-refractivity contribution in [3.63, 3.8) is 0 Å². The molecule has 33 heavy (non-hydrogen) atoms. The van der Waals surface area contributed by atoms with Crippen molar-refractivity contribution in [1.82, 2.24) is 10.4 Å². The van der Waals surface area contributed by atoms with E-state index in [1.807, 2.05) is 19.1 Å². The molecule has 0 radical (unpaired) electrons. The molecule has 8 atom stereocenters. The Balaban J connectivity index is 1.56. The zero-order chi connectivity index (χ0) is 23.9. The average Bonchev–Trinajstić information content (AvgIpc) is 3.17. The Bertz CT molecular complexity index is 874. The number of nitrogens with zero attached hydrogens (tertiary/aromatic N) is 1. The van der Waals surface area contributed by atoms with Gasteiger partial charge in [0.15, 0.2) is 0 Å². The normalized spacial score (nSPS) is 36.1. The summed E-state index contributed by atoms with van der Waals surface area (Å²) in [5.74, 6) is 1.29. The van der Waals surface area contributed by atoms with E-state index in [0.29, 0.717) is 35.3 Å². The number of methoxy groups -OCH3 is 1. The number of ether oxygens (including phenoxy) is 1. The maximum absolute atomic E-state index is 13.7. The summed E-state index contributed by atoms with van der Waals surface area (Å²) < 4.78 is 5.60. The number of benzene rings is 1. The molecule has 7 heteroatoms. The summed E-state index contributed by atoms with van der Waals surface area (Å²) in [6, 6.07) is 6.81. The van der Waals surface area contributed by atoms with Gasteiger partial charge in [-0.05, 0) is 54.6 Å². The first-order valence-electron chi connectivity index (χ1n) is 12.1. The minimum Gasteiger partial charge on any atom is -0.394 e. The summed E-state index contributed by atoms with van der Waals surface area (Å²) in [6.45, 7) is 9.00. The van der Waals surface area contributed by atoms with E-state index in [1.54, 1.807) is 24.3 Å². The number of carbonyl (C=O) groups is 2. The number of hydrogen-bond donors (Lipinski definition) is 2. The first kappa shape index (κ1) is 24.3. The second-order valence-electron chi connectivity index (χ2n) is 10.8. The topological polar surface area (TPSA) is 88.1 Å². The molecule has 1 aromatic rings. The summed E-state index contributed by atoms with van der Waals surface area (Å²) >= 11 is 0. The average molecular weight is 459 g/mol. The number of carbonyl (C=O) groups excluding carboxylic acids is 2. The lowest BCUT2D eigenvalue weighted by molar-refractivity contribution is -0.183. The van der Waals surface area contributed by atoms with Crippen molar-refractivity contribution >= 4 is 12.2 Å². The summed E-state index contributed by atoms with van der Waals surface area (Å²) in [5.41, 5.74) is 1.79. The Labute approximate surface area is 196 Å². The molecule has 1 unspecified atom stereocenters. The molecule has 3 saturated carbocycles. The number of amides is 1. The van der Waals surface area contributed by atoms with E-state index in [0.717, 1.165) is 18.3 Å². The molecular weight excluding hydrogens is 420 g/mol. The van der Waals surface area contributed by atoms with E-state index in [1.165, 1.54) is 6.42 Å². The second-order valence-corrected chi connectivity index (χ2v) is 10.8. The molecular formula is C26H38N2O5. The molecule has 1 amide bonds. The molecule has 3 aliphatic carbocycles. The standard InChI is InChI=1S/C26H38N2O5/c1-15-20-10-19(26(20,3)4)11-21(15)27-25(31)24-23(16(2)32-5)22(14-30)33-28(24)12-17-7-6-8-18(9-17)13-29/h6-9,13,15-16,19-24,30H,10-12,14H2,1-5H3,(H,27,31)/t15-,16-,19+,20-,21-,22-,23?,24-/m0/s1. The molecule has 0 spiro atoms. The van der Waals surface area contributed by atoms with Gasteiger partial charge in [-0.3, -0.25) is 14.4 Å². The Morgan fingerprint density at radius 1 is 1.39 bits per heavy atom. The summed E-state index contributed by atoms with van der Waals surface area (Å²) in [6.07, 6.45) is 2.24. The maximum atomic E-state index is 13.7. The highest BCUT2D eigenvalue weighted by molar-refractivity contribution is 5.83. The smallest absolute Gasteiger partial charge is 0.240 e. The molecule has 4 aliphatic rings. The quantitative estimate of drug-likeness (QED) is 0.583. The van der Waals surface area contributed by atoms with Crippen LogP contribution in [0.5, 0.6) is 0 Å². The van der Waals surface area contributed by atoms with E-state index in [9.17, 15) is 14.7 Å². The van der Waals surface area contributed by atoms with Gasteiger partial charge in [-0.2, -0.15) is 5.06 Å². The van der Waals surface area contributed by atoms with E-state index in [-0.39, 0.29) is 30.6 Å². The van der Waals surface area contributed by atoms with Gasteiger partial charge in [-0.25, -0.2) is 0 Å². The Hall–Kier alpha value is -1.80. The predicted octanol–water partition coefficient (Wildman–Crippen LogP) is 2.81. The third-order valence-corrected chi connectivity index (χ3v) is 8.84. The number of nitrogens with one attached hydrogen (secondary N) is 1. The Morgan fingerprint density at radius 2 is 2.15 bits per heavy atom. The molecule has 2 N–H and O–H groups in total. The van der Waals surface area contributed by atoms with Crippen molar-refractivity contribution < 1.29 is 24.3 Å². The van der Waals surface area contributed by atoms with Crippen LogP contribution in [0.15, 0.2) is 24.3 Å². The fraction of sp³-hybridized carbons (Fsp3) is 0.692. The maximum Gasteiger partial charge on any atom is 0.240 e. The van der Waals surface area contributed by atoms with Crippen LogP contribution in [0.25, 0.3) is 0 Å². The lowest BCUT2D eigenvalue weighted by Gasteiger charge is -2.62. The number of hydroxylamine groups is 2. The van der Waals surface area contributed by atoms with Gasteiger partial charge >= 0.3 is 0 Å². The van der Waals surface area contributed by atoms with Crippen LogP contribution in [-0.2, 0) is 20.9 Å². The molecule has 7 nitrogen and oxygen atoms in total. The molecule has 1 aromatic carbocycles. The van der Waals surface area contributed by atoms with Gasteiger partial charge in [0.1, 0.15) is 18.4 Å². The van der Waals surface area contributed by atoms with E-state index >= 15 is 0 Å². The van der Waals surface area contributed by atoms with E-state index in [4.69, 9.17) is 9.57 Å². The highest BCUT2D eigenvalue weighted by Gasteiger charge is 2.57. The van der Waals surface area contributed by atoms with E-state index < -0.39 is 12.1 Å². The monoisotopic (exact) mass is 458 g/mol. The van der Waals surface area contributed by atoms with Crippen molar-refractivity contribution in [2.75, 3.05) is 13.7 Å². The van der Waals surface area contributed by atoms with Crippen molar-refractivity contribution in [2.45, 2.75) is 71.4 Å². The van der Waals surface area contributed by atoms with Crippen LogP contribution < -0.4 is 5.32 Å². The summed E-state index contributed by atoms with van der Waals surface area (Å²) in [7, 11) is 1.61. The molecule has 4 fully saturated rings. The van der Waals surface area contributed by atoms with Crippen LogP contribution in [0.2, 0.25) is 0 Å². The lowest BCUT2D eigenvalue weighted by atomic mass is 9.45. The predicted molar refractivity (Wildman–Crippen MR) is 124 cm³/mol. The van der Waals surface area contributed by atoms with Gasteiger partial charge in [0.05, 0.1) is 19.3 Å². The summed E-state index contributed by atoms with van der Waals surface area (Å²) in [5, 5.41) is 15.0. The number of aldehydes is 1. The molecule has 182 valence electrons. The number of hydrogen-bond acceptors (Lipinski definition) is 6. The van der Waals surface area contributed by atoms with Crippen LogP contribution in [0.3, 0.4) is 0 Å². The van der Waals surface area contributed by atoms with Gasteiger partial charge in [-0.1, -0.05) is 39.0 Å². The van der Waals surface area contributed by atoms with Gasteiger partial charge in [0.2, 0.25) is 5.91 Å². The lowest BCUT2D eigenvalue weighted by Crippen LogP contribution is -2.62. The fourth-order valence-corrected chi connectivity index (χ4v) is 6.57. The largest absolute Gasteiger partial charge is 0.394 e. The highest BCUT2D eigenvalue weighted by Crippen LogP contribution is 2.61. The van der Waals surface area contributed by atoms with Crippen molar-refractivity contribution in [3.05, 3.63) is 35.4 Å². The van der Waals surface area contributed by atoms with Gasteiger partial charge in [0, 0.05) is 24.6 Å². The van der Waals surface area contributed by atoms with E-state index in [2.05, 4.69) is 26.1 Å². The third kappa shape index (κ3) is 4.36. The SMILES string of the molecule is CO[C@@H](C)C1[C@H](CO)ON(Cc2cccc(C=O)c2)[C@@H]1C(=O)N[C@H]1C[C@H]2C[C@@H]([C@@H]1C)C2(C)C. The number of aliphatic hydroxyl groups excluding tert-OH is 1. The van der Waals surface area contributed by atoms with Gasteiger partial charge in [0.25, 0.3) is 0 Å². The van der Waals surface area contributed by atoms with Gasteiger partial charge in [-0.15, -0.1) is 0 Å². The molecule has 1 heterocycles. The van der Waals surface area contributed by atoms with Crippen molar-refractivity contribution in [2.24, 2.45) is 29.1 Å². The van der Waals surface area contributed by atoms with Crippen molar-refractivity contribution in [3.8, 4) is 0 Å².